The molecule has 0 aromatic carbocycles. The fourth-order valence-electron chi connectivity index (χ4n) is 4.66. The molecule has 34 heavy (non-hydrogen) atoms. The molecule has 1 N–H and O–H groups in total. The number of fused-ring (bicyclic) bond motifs is 2. The van der Waals surface area contributed by atoms with Gasteiger partial charge in [0.15, 0.2) is 11.1 Å². The quantitative estimate of drug-likeness (QED) is 0.483. The van der Waals surface area contributed by atoms with Gasteiger partial charge < -0.3 is 14.8 Å². The van der Waals surface area contributed by atoms with Gasteiger partial charge in [0.05, 0.1) is 34.6 Å². The first-order chi connectivity index (χ1) is 16.3. The lowest BCUT2D eigenvalue weighted by Crippen LogP contribution is -2.54. The number of hydrogen-bond acceptors (Lipinski definition) is 6. The molecule has 5 rings (SSSR count). The number of nitrogens with zero attached hydrogens (tertiary/aromatic N) is 2. The Labute approximate surface area is 206 Å². The molecule has 0 saturated carbocycles. The number of aromatic nitrogens is 1. The van der Waals surface area contributed by atoms with E-state index in [2.05, 4.69) is 22.1 Å². The van der Waals surface area contributed by atoms with Gasteiger partial charge in [-0.1, -0.05) is 24.8 Å². The van der Waals surface area contributed by atoms with Gasteiger partial charge in [0.25, 0.3) is 5.91 Å². The minimum absolute atomic E-state index is 0.204. The summed E-state index contributed by atoms with van der Waals surface area (Å²) in [5, 5.41) is 1.79. The molecule has 2 aliphatic heterocycles. The van der Waals surface area contributed by atoms with Gasteiger partial charge in [0.1, 0.15) is 12.4 Å². The number of nitrogens with one attached hydrogen (secondary N) is 1. The zero-order valence-corrected chi connectivity index (χ0v) is 20.3. The SMILES string of the molecule is CC1c2nc(C(F)(F)C(=O)NC(C3C#CC4OCCOC4=CC3)N3CCCC3)sc2C=CC1Cl. The van der Waals surface area contributed by atoms with E-state index in [1.807, 2.05) is 17.9 Å². The Bertz CT molecular complexity index is 1070. The molecule has 10 heteroatoms. The van der Waals surface area contributed by atoms with E-state index in [0.717, 1.165) is 24.2 Å². The van der Waals surface area contributed by atoms with Gasteiger partial charge in [-0.2, -0.15) is 8.78 Å². The van der Waals surface area contributed by atoms with Crippen LogP contribution in [0.3, 0.4) is 0 Å². The second kappa shape index (κ2) is 9.57. The summed E-state index contributed by atoms with van der Waals surface area (Å²) < 4.78 is 42.0. The molecule has 2 aliphatic carbocycles. The Kier molecular flexibility index (Phi) is 6.68. The van der Waals surface area contributed by atoms with Crippen molar-refractivity contribution in [3.63, 3.8) is 0 Å². The minimum Gasteiger partial charge on any atom is -0.492 e. The number of hydrogen-bond donors (Lipinski definition) is 1. The molecule has 0 radical (unpaired) electrons. The predicted molar refractivity (Wildman–Crippen MR) is 125 cm³/mol. The molecule has 1 aromatic heterocycles. The van der Waals surface area contributed by atoms with Gasteiger partial charge in [-0.3, -0.25) is 9.69 Å². The lowest BCUT2D eigenvalue weighted by molar-refractivity contribution is -0.149. The third-order valence-corrected chi connectivity index (χ3v) is 8.27. The Morgan fingerprint density at radius 3 is 2.94 bits per heavy atom. The number of alkyl halides is 3. The van der Waals surface area contributed by atoms with Crippen LogP contribution in [0.15, 0.2) is 17.9 Å². The van der Waals surface area contributed by atoms with Crippen molar-refractivity contribution in [3.05, 3.63) is 33.5 Å². The maximum Gasteiger partial charge on any atom is 0.375 e. The topological polar surface area (TPSA) is 63.7 Å². The molecule has 0 spiro atoms. The molecule has 4 aliphatic rings. The lowest BCUT2D eigenvalue weighted by atomic mass is 9.97. The molecule has 2 fully saturated rings. The van der Waals surface area contributed by atoms with E-state index in [1.165, 1.54) is 0 Å². The van der Waals surface area contributed by atoms with Crippen LogP contribution in [-0.2, 0) is 20.2 Å². The summed E-state index contributed by atoms with van der Waals surface area (Å²) in [4.78, 5) is 19.8. The third-order valence-electron chi connectivity index (χ3n) is 6.64. The van der Waals surface area contributed by atoms with Crippen molar-refractivity contribution in [2.24, 2.45) is 5.92 Å². The molecule has 2 saturated heterocycles. The van der Waals surface area contributed by atoms with Crippen LogP contribution in [0.25, 0.3) is 6.08 Å². The maximum absolute atomic E-state index is 15.4. The minimum atomic E-state index is -3.77. The molecule has 1 amide bonds. The Morgan fingerprint density at radius 1 is 1.35 bits per heavy atom. The molecular formula is C24H26ClF2N3O3S. The zero-order chi connectivity index (χ0) is 23.9. The zero-order valence-electron chi connectivity index (χ0n) is 18.7. The first kappa shape index (κ1) is 23.7. The van der Waals surface area contributed by atoms with Crippen LogP contribution in [0.1, 0.15) is 47.7 Å². The summed E-state index contributed by atoms with van der Waals surface area (Å²) in [6.45, 7) is 4.19. The van der Waals surface area contributed by atoms with Crippen LogP contribution >= 0.6 is 22.9 Å². The largest absolute Gasteiger partial charge is 0.492 e. The van der Waals surface area contributed by atoms with Crippen LogP contribution in [0, 0.1) is 17.8 Å². The molecule has 5 unspecified atom stereocenters. The van der Waals surface area contributed by atoms with E-state index < -0.39 is 29.1 Å². The molecule has 6 nitrogen and oxygen atoms in total. The van der Waals surface area contributed by atoms with E-state index in [0.29, 0.717) is 49.1 Å². The van der Waals surface area contributed by atoms with Gasteiger partial charge in [-0.05, 0) is 31.4 Å². The van der Waals surface area contributed by atoms with Gasteiger partial charge in [-0.15, -0.1) is 22.9 Å². The Morgan fingerprint density at radius 2 is 2.15 bits per heavy atom. The summed E-state index contributed by atoms with van der Waals surface area (Å²) >= 11 is 7.07. The predicted octanol–water partition coefficient (Wildman–Crippen LogP) is 3.83. The number of carbonyl (C=O) groups is 1. The summed E-state index contributed by atoms with van der Waals surface area (Å²) in [5.41, 5.74) is 0.509. The molecular weight excluding hydrogens is 484 g/mol. The van der Waals surface area contributed by atoms with E-state index >= 15 is 8.78 Å². The van der Waals surface area contributed by atoms with Crippen LogP contribution < -0.4 is 5.32 Å². The van der Waals surface area contributed by atoms with E-state index in [1.54, 1.807) is 12.2 Å². The summed E-state index contributed by atoms with van der Waals surface area (Å²) in [6.07, 6.45) is 6.63. The highest BCUT2D eigenvalue weighted by molar-refractivity contribution is 7.13. The maximum atomic E-state index is 15.4. The molecule has 1 aromatic rings. The van der Waals surface area contributed by atoms with Crippen LogP contribution in [0.5, 0.6) is 0 Å². The smallest absolute Gasteiger partial charge is 0.375 e. The fourth-order valence-corrected chi connectivity index (χ4v) is 5.91. The average molecular weight is 510 g/mol. The van der Waals surface area contributed by atoms with Gasteiger partial charge in [-0.25, -0.2) is 4.98 Å². The standard InChI is InChI=1S/C24H26ClF2N3O3S/c1-14-16(25)6-9-19-20(14)28-23(34-19)24(26,27)22(31)29-21(30-10-2-3-11-30)15-4-7-17-18(8-5-15)33-13-12-32-17/h6-7,9,14-16,18,21H,2-4,10-13H2,1H3,(H,29,31). The number of carbonyl (C=O) groups excluding carboxylic acids is 1. The number of allylic oxidation sites excluding steroid dienone is 2. The number of halogens is 3. The average Bonchev–Trinajstić information content (AvgIpc) is 3.47. The van der Waals surface area contributed by atoms with Crippen molar-refractivity contribution < 1.29 is 23.0 Å². The molecule has 5 atom stereocenters. The molecule has 0 bridgehead atoms. The van der Waals surface area contributed by atoms with Crippen LogP contribution in [-0.4, -0.2) is 59.7 Å². The van der Waals surface area contributed by atoms with Crippen molar-refractivity contribution in [1.82, 2.24) is 15.2 Å². The number of amides is 1. The third kappa shape index (κ3) is 4.49. The summed E-state index contributed by atoms with van der Waals surface area (Å²) in [5.74, 6) is 1.17. The highest BCUT2D eigenvalue weighted by Crippen LogP contribution is 2.40. The number of rotatable bonds is 5. The van der Waals surface area contributed by atoms with Crippen molar-refractivity contribution in [2.45, 2.75) is 55.7 Å². The molecule has 182 valence electrons. The van der Waals surface area contributed by atoms with Gasteiger partial charge >= 0.3 is 5.92 Å². The normalized spacial score (nSPS) is 29.6. The first-order valence-corrected chi connectivity index (χ1v) is 12.8. The van der Waals surface area contributed by atoms with Crippen molar-refractivity contribution in [1.29, 1.82) is 0 Å². The fraction of sp³-hybridized carbons (Fsp3) is 0.583. The number of thiazole rings is 1. The van der Waals surface area contributed by atoms with Crippen LogP contribution in [0.2, 0.25) is 0 Å². The van der Waals surface area contributed by atoms with Crippen molar-refractivity contribution in [2.75, 3.05) is 26.3 Å². The highest BCUT2D eigenvalue weighted by atomic mass is 35.5. The number of likely N-dealkylation sites (tertiary alicyclic amines) is 1. The van der Waals surface area contributed by atoms with E-state index in [-0.39, 0.29) is 17.2 Å². The second-order valence-electron chi connectivity index (χ2n) is 8.93. The summed E-state index contributed by atoms with van der Waals surface area (Å²) in [7, 11) is 0. The second-order valence-corrected chi connectivity index (χ2v) is 10.5. The molecule has 3 heterocycles. The van der Waals surface area contributed by atoms with Crippen LogP contribution in [0.4, 0.5) is 8.78 Å². The number of ether oxygens (including phenoxy) is 2. The van der Waals surface area contributed by atoms with Gasteiger partial charge in [0, 0.05) is 19.0 Å². The van der Waals surface area contributed by atoms with E-state index in [9.17, 15) is 4.79 Å². The van der Waals surface area contributed by atoms with E-state index in [4.69, 9.17) is 21.1 Å². The Balaban J connectivity index is 1.38. The monoisotopic (exact) mass is 509 g/mol. The van der Waals surface area contributed by atoms with Gasteiger partial charge in [0.2, 0.25) is 0 Å². The Hall–Kier alpha value is -1.99. The van der Waals surface area contributed by atoms with Crippen molar-refractivity contribution >= 4 is 34.9 Å². The highest BCUT2D eigenvalue weighted by Gasteiger charge is 2.47. The first-order valence-electron chi connectivity index (χ1n) is 11.6. The summed E-state index contributed by atoms with van der Waals surface area (Å²) in [6, 6.07) is 0. The van der Waals surface area contributed by atoms with Crippen molar-refractivity contribution in [3.8, 4) is 11.8 Å². The lowest BCUT2D eigenvalue weighted by Gasteiger charge is -2.33.